The first-order valence-corrected chi connectivity index (χ1v) is 11.6. The summed E-state index contributed by atoms with van der Waals surface area (Å²) >= 11 is 5.88. The van der Waals surface area contributed by atoms with Crippen LogP contribution in [0.25, 0.3) is 11.3 Å². The third kappa shape index (κ3) is 5.98. The highest BCUT2D eigenvalue weighted by Crippen LogP contribution is 2.29. The lowest BCUT2D eigenvalue weighted by atomic mass is 9.99. The van der Waals surface area contributed by atoms with Crippen LogP contribution >= 0.6 is 11.6 Å². The highest BCUT2D eigenvalue weighted by atomic mass is 35.5. The second-order valence-corrected chi connectivity index (χ2v) is 8.54. The summed E-state index contributed by atoms with van der Waals surface area (Å²) in [6, 6.07) is 13.9. The standard InChI is InChI=1S/C26H28ClN5O2/c1-18-15-22(8-9-23(18)25(33-3)5-4-13-32-14-12-29-31-32)34-17-21-6-10-24(30-19(21)2)20-7-11-26(27)28-16-20/h6-12,14-16,25H,4-5,13,17H2,1-3H3. The Balaban J connectivity index is 1.36. The molecule has 0 spiro atoms. The molecule has 0 saturated heterocycles. The quantitative estimate of drug-likeness (QED) is 0.270. The van der Waals surface area contributed by atoms with E-state index in [2.05, 4.69) is 34.4 Å². The van der Waals surface area contributed by atoms with Crippen molar-refractivity contribution in [1.29, 1.82) is 0 Å². The number of aryl methyl sites for hydroxylation is 3. The van der Waals surface area contributed by atoms with Crippen molar-refractivity contribution in [3.63, 3.8) is 0 Å². The largest absolute Gasteiger partial charge is 0.489 e. The SMILES string of the molecule is COC(CCCn1ccnn1)c1ccc(OCc2ccc(-c3ccc(Cl)nc3)nc2C)cc1C. The molecule has 1 aromatic carbocycles. The average Bonchev–Trinajstić information content (AvgIpc) is 3.36. The zero-order chi connectivity index (χ0) is 23.9. The molecule has 0 saturated carbocycles. The van der Waals surface area contributed by atoms with Crippen molar-refractivity contribution in [3.8, 4) is 17.0 Å². The number of nitrogens with zero attached hydrogens (tertiary/aromatic N) is 5. The number of ether oxygens (including phenoxy) is 2. The summed E-state index contributed by atoms with van der Waals surface area (Å²) < 4.78 is 13.7. The molecule has 0 aliphatic heterocycles. The van der Waals surface area contributed by atoms with E-state index < -0.39 is 0 Å². The molecule has 0 radical (unpaired) electrons. The van der Waals surface area contributed by atoms with E-state index in [0.29, 0.717) is 11.8 Å². The van der Waals surface area contributed by atoms with Gasteiger partial charge in [-0.1, -0.05) is 28.9 Å². The van der Waals surface area contributed by atoms with Gasteiger partial charge in [0, 0.05) is 42.9 Å². The topological polar surface area (TPSA) is 75.0 Å². The molecule has 3 heterocycles. The first kappa shape index (κ1) is 23.9. The minimum atomic E-state index is 0.0268. The molecule has 0 aliphatic carbocycles. The first-order chi connectivity index (χ1) is 16.5. The summed E-state index contributed by atoms with van der Waals surface area (Å²) in [6.07, 6.45) is 7.18. The monoisotopic (exact) mass is 477 g/mol. The number of halogens is 1. The van der Waals surface area contributed by atoms with Gasteiger partial charge in [-0.05, 0) is 68.1 Å². The number of hydrogen-bond acceptors (Lipinski definition) is 6. The minimum absolute atomic E-state index is 0.0268. The Morgan fingerprint density at radius 2 is 1.97 bits per heavy atom. The Labute approximate surface area is 204 Å². The van der Waals surface area contributed by atoms with Crippen LogP contribution in [-0.4, -0.2) is 32.1 Å². The zero-order valence-corrected chi connectivity index (χ0v) is 20.4. The van der Waals surface area contributed by atoms with Gasteiger partial charge in [0.2, 0.25) is 0 Å². The van der Waals surface area contributed by atoms with E-state index in [-0.39, 0.29) is 6.10 Å². The van der Waals surface area contributed by atoms with Gasteiger partial charge in [-0.2, -0.15) is 0 Å². The van der Waals surface area contributed by atoms with E-state index >= 15 is 0 Å². The lowest BCUT2D eigenvalue weighted by molar-refractivity contribution is 0.0917. The number of aromatic nitrogens is 5. The van der Waals surface area contributed by atoms with Gasteiger partial charge in [0.15, 0.2) is 0 Å². The van der Waals surface area contributed by atoms with E-state index in [4.69, 9.17) is 26.1 Å². The van der Waals surface area contributed by atoms with Gasteiger partial charge in [0.1, 0.15) is 17.5 Å². The molecule has 4 aromatic rings. The van der Waals surface area contributed by atoms with Gasteiger partial charge in [-0.25, -0.2) is 4.98 Å². The van der Waals surface area contributed by atoms with Gasteiger partial charge in [0.25, 0.3) is 0 Å². The molecule has 176 valence electrons. The van der Waals surface area contributed by atoms with Crippen molar-refractivity contribution in [2.24, 2.45) is 0 Å². The van der Waals surface area contributed by atoms with Crippen molar-refractivity contribution in [2.45, 2.75) is 45.9 Å². The highest BCUT2D eigenvalue weighted by molar-refractivity contribution is 6.29. The van der Waals surface area contributed by atoms with E-state index in [0.717, 1.165) is 53.2 Å². The first-order valence-electron chi connectivity index (χ1n) is 11.2. The predicted molar refractivity (Wildman–Crippen MR) is 132 cm³/mol. The summed E-state index contributed by atoms with van der Waals surface area (Å²) in [4.78, 5) is 8.84. The van der Waals surface area contributed by atoms with Crippen molar-refractivity contribution in [1.82, 2.24) is 25.0 Å². The predicted octanol–water partition coefficient (Wildman–Crippen LogP) is 5.75. The summed E-state index contributed by atoms with van der Waals surface area (Å²) in [5, 5.41) is 8.33. The van der Waals surface area contributed by atoms with Crippen molar-refractivity contribution >= 4 is 11.6 Å². The normalized spacial score (nSPS) is 12.0. The third-order valence-corrected chi connectivity index (χ3v) is 6.03. The van der Waals surface area contributed by atoms with Crippen LogP contribution in [-0.2, 0) is 17.9 Å². The zero-order valence-electron chi connectivity index (χ0n) is 19.6. The van der Waals surface area contributed by atoms with Crippen molar-refractivity contribution < 1.29 is 9.47 Å². The van der Waals surface area contributed by atoms with Crippen LogP contribution in [0.15, 0.2) is 61.1 Å². The van der Waals surface area contributed by atoms with Gasteiger partial charge in [0.05, 0.1) is 18.0 Å². The molecule has 0 N–H and O–H groups in total. The maximum absolute atomic E-state index is 6.08. The summed E-state index contributed by atoms with van der Waals surface area (Å²) in [7, 11) is 1.75. The van der Waals surface area contributed by atoms with E-state index in [1.807, 2.05) is 42.1 Å². The number of hydrogen-bond donors (Lipinski definition) is 0. The molecule has 34 heavy (non-hydrogen) atoms. The molecule has 0 amide bonds. The average molecular weight is 478 g/mol. The maximum Gasteiger partial charge on any atom is 0.129 e. The Hall–Kier alpha value is -3.29. The lowest BCUT2D eigenvalue weighted by Crippen LogP contribution is -2.07. The second kappa shape index (κ2) is 11.2. The van der Waals surface area contributed by atoms with Crippen LogP contribution in [0.2, 0.25) is 5.15 Å². The van der Waals surface area contributed by atoms with Gasteiger partial charge in [-0.15, -0.1) is 5.10 Å². The number of rotatable bonds is 10. The molecular weight excluding hydrogens is 450 g/mol. The summed E-state index contributed by atoms with van der Waals surface area (Å²) in [6.45, 7) is 5.35. The van der Waals surface area contributed by atoms with E-state index in [9.17, 15) is 0 Å². The molecule has 1 atom stereocenters. The Bertz CT molecular complexity index is 1210. The fraction of sp³-hybridized carbons (Fsp3) is 0.308. The highest BCUT2D eigenvalue weighted by Gasteiger charge is 2.14. The molecule has 3 aromatic heterocycles. The van der Waals surface area contributed by atoms with Crippen molar-refractivity contribution in [3.05, 3.63) is 88.6 Å². The smallest absolute Gasteiger partial charge is 0.129 e. The number of pyridine rings is 2. The Morgan fingerprint density at radius 3 is 2.65 bits per heavy atom. The summed E-state index contributed by atoms with van der Waals surface area (Å²) in [5.41, 5.74) is 6.07. The Kier molecular flexibility index (Phi) is 7.87. The molecule has 0 fully saturated rings. The minimum Gasteiger partial charge on any atom is -0.489 e. The fourth-order valence-corrected chi connectivity index (χ4v) is 3.99. The molecule has 8 heteroatoms. The Morgan fingerprint density at radius 1 is 1.09 bits per heavy atom. The van der Waals surface area contributed by atoms with Crippen LogP contribution < -0.4 is 4.74 Å². The van der Waals surface area contributed by atoms with Crippen molar-refractivity contribution in [2.75, 3.05) is 7.11 Å². The molecule has 1 unspecified atom stereocenters. The maximum atomic E-state index is 6.08. The van der Waals surface area contributed by atoms with E-state index in [1.165, 1.54) is 5.56 Å². The van der Waals surface area contributed by atoms with Gasteiger partial charge >= 0.3 is 0 Å². The van der Waals surface area contributed by atoms with Gasteiger partial charge in [-0.3, -0.25) is 9.67 Å². The number of benzene rings is 1. The third-order valence-electron chi connectivity index (χ3n) is 5.81. The van der Waals surface area contributed by atoms with Crippen LogP contribution in [0.3, 0.4) is 0 Å². The second-order valence-electron chi connectivity index (χ2n) is 8.15. The van der Waals surface area contributed by atoms with Crippen LogP contribution in [0.4, 0.5) is 0 Å². The number of methoxy groups -OCH3 is 1. The molecular formula is C26H28ClN5O2. The van der Waals surface area contributed by atoms with Crippen LogP contribution in [0.5, 0.6) is 5.75 Å². The molecule has 0 bridgehead atoms. The van der Waals surface area contributed by atoms with Crippen LogP contribution in [0.1, 0.15) is 41.3 Å². The summed E-state index contributed by atoms with van der Waals surface area (Å²) in [5.74, 6) is 0.823. The lowest BCUT2D eigenvalue weighted by Gasteiger charge is -2.19. The molecule has 7 nitrogen and oxygen atoms in total. The van der Waals surface area contributed by atoms with Crippen LogP contribution in [0, 0.1) is 13.8 Å². The molecule has 4 rings (SSSR count). The van der Waals surface area contributed by atoms with E-state index in [1.54, 1.807) is 25.6 Å². The molecule has 0 aliphatic rings. The fourth-order valence-electron chi connectivity index (χ4n) is 3.88. The van der Waals surface area contributed by atoms with Gasteiger partial charge < -0.3 is 9.47 Å².